The second kappa shape index (κ2) is 4.44. The van der Waals surface area contributed by atoms with Crippen molar-refractivity contribution in [3.8, 4) is 0 Å². The summed E-state index contributed by atoms with van der Waals surface area (Å²) in [6, 6.07) is 4.26. The molecule has 1 aromatic heterocycles. The van der Waals surface area contributed by atoms with Crippen molar-refractivity contribution in [1.29, 1.82) is 0 Å². The number of aromatic nitrogens is 1. The molecule has 72 valence electrons. The van der Waals surface area contributed by atoms with Crippen molar-refractivity contribution >= 4 is 23.5 Å². The second-order valence-corrected chi connectivity index (χ2v) is 5.63. The van der Waals surface area contributed by atoms with Gasteiger partial charge in [-0.2, -0.15) is 23.5 Å². The van der Waals surface area contributed by atoms with Gasteiger partial charge in [-0.1, -0.05) is 0 Å². The molecule has 2 heterocycles. The van der Waals surface area contributed by atoms with Crippen molar-refractivity contribution in [3.05, 3.63) is 24.0 Å². The lowest BCUT2D eigenvalue weighted by atomic mass is 10.2. The molecule has 0 amide bonds. The number of nitrogens with two attached hydrogens (primary N) is 1. The third kappa shape index (κ3) is 2.24. The molecule has 0 bridgehead atoms. The van der Waals surface area contributed by atoms with Gasteiger partial charge in [0, 0.05) is 34.4 Å². The molecule has 4 heteroatoms. The molecule has 2 rings (SSSR count). The Morgan fingerprint density at radius 3 is 3.08 bits per heavy atom. The zero-order valence-corrected chi connectivity index (χ0v) is 9.03. The van der Waals surface area contributed by atoms with Gasteiger partial charge in [0.05, 0.1) is 6.04 Å². The largest absolute Gasteiger partial charge is 0.364 e. The number of thioether (sulfide) groups is 2. The second-order valence-electron chi connectivity index (χ2n) is 3.14. The van der Waals surface area contributed by atoms with E-state index in [2.05, 4.69) is 11.1 Å². The van der Waals surface area contributed by atoms with Crippen LogP contribution in [0.2, 0.25) is 0 Å². The van der Waals surface area contributed by atoms with E-state index in [-0.39, 0.29) is 6.04 Å². The van der Waals surface area contributed by atoms with E-state index in [4.69, 9.17) is 5.73 Å². The third-order valence-corrected chi connectivity index (χ3v) is 5.11. The molecule has 2 nitrogen and oxygen atoms in total. The fourth-order valence-corrected chi connectivity index (χ4v) is 4.26. The maximum atomic E-state index is 6.15. The standard InChI is InChI=1S/C9H14N2S2/c10-9(7-2-1-3-11-7)8-6-12-4-5-13-8/h1-3,8-9,11H,4-6,10H2. The van der Waals surface area contributed by atoms with Crippen molar-refractivity contribution < 1.29 is 0 Å². The molecule has 1 aliphatic rings. The van der Waals surface area contributed by atoms with E-state index in [0.29, 0.717) is 5.25 Å². The normalized spacial score (nSPS) is 25.8. The van der Waals surface area contributed by atoms with Crippen LogP contribution in [0.1, 0.15) is 11.7 Å². The zero-order chi connectivity index (χ0) is 9.10. The predicted molar refractivity (Wildman–Crippen MR) is 61.3 cm³/mol. The van der Waals surface area contributed by atoms with Gasteiger partial charge in [-0.3, -0.25) is 0 Å². The van der Waals surface area contributed by atoms with E-state index in [1.54, 1.807) is 0 Å². The van der Waals surface area contributed by atoms with E-state index in [0.717, 1.165) is 0 Å². The fraction of sp³-hybridized carbons (Fsp3) is 0.556. The van der Waals surface area contributed by atoms with Crippen LogP contribution in [0.15, 0.2) is 18.3 Å². The van der Waals surface area contributed by atoms with Crippen LogP contribution in [0, 0.1) is 0 Å². The van der Waals surface area contributed by atoms with E-state index in [1.807, 2.05) is 35.8 Å². The van der Waals surface area contributed by atoms with E-state index < -0.39 is 0 Å². The lowest BCUT2D eigenvalue weighted by Crippen LogP contribution is -2.28. The number of rotatable bonds is 2. The summed E-state index contributed by atoms with van der Waals surface area (Å²) in [5.41, 5.74) is 7.32. The SMILES string of the molecule is NC(c1ccc[nH]1)C1CSCCS1. The summed E-state index contributed by atoms with van der Waals surface area (Å²) in [5, 5.41) is 0.581. The van der Waals surface area contributed by atoms with Gasteiger partial charge in [-0.25, -0.2) is 0 Å². The number of nitrogens with one attached hydrogen (secondary N) is 1. The van der Waals surface area contributed by atoms with Gasteiger partial charge in [0.25, 0.3) is 0 Å². The first-order valence-electron chi connectivity index (χ1n) is 4.46. The quantitative estimate of drug-likeness (QED) is 0.789. The van der Waals surface area contributed by atoms with Crippen LogP contribution in [0.4, 0.5) is 0 Å². The summed E-state index contributed by atoms with van der Waals surface area (Å²) in [4.78, 5) is 3.19. The highest BCUT2D eigenvalue weighted by molar-refractivity contribution is 8.06. The lowest BCUT2D eigenvalue weighted by Gasteiger charge is -2.25. The van der Waals surface area contributed by atoms with Gasteiger partial charge in [-0.15, -0.1) is 0 Å². The summed E-state index contributed by atoms with van der Waals surface area (Å²) in [7, 11) is 0. The molecule has 0 radical (unpaired) electrons. The van der Waals surface area contributed by atoms with Gasteiger partial charge in [0.2, 0.25) is 0 Å². The number of hydrogen-bond acceptors (Lipinski definition) is 3. The van der Waals surface area contributed by atoms with E-state index in [1.165, 1.54) is 23.0 Å². The molecule has 0 aromatic carbocycles. The topological polar surface area (TPSA) is 41.8 Å². The Morgan fingerprint density at radius 2 is 2.46 bits per heavy atom. The molecule has 0 spiro atoms. The molecule has 1 fully saturated rings. The lowest BCUT2D eigenvalue weighted by molar-refractivity contribution is 0.700. The number of aromatic amines is 1. The average molecular weight is 214 g/mol. The Labute approximate surface area is 87.0 Å². The van der Waals surface area contributed by atoms with Gasteiger partial charge < -0.3 is 10.7 Å². The molecule has 0 saturated carbocycles. The molecule has 1 aromatic rings. The Hall–Kier alpha value is -0.0600. The maximum absolute atomic E-state index is 6.15. The van der Waals surface area contributed by atoms with Gasteiger partial charge >= 0.3 is 0 Å². The number of hydrogen-bond donors (Lipinski definition) is 2. The van der Waals surface area contributed by atoms with Gasteiger partial charge in [-0.05, 0) is 12.1 Å². The average Bonchev–Trinajstić information content (AvgIpc) is 2.71. The smallest absolute Gasteiger partial charge is 0.0576 e. The van der Waals surface area contributed by atoms with Crippen LogP contribution in [0.3, 0.4) is 0 Å². The van der Waals surface area contributed by atoms with Crippen LogP contribution in [-0.4, -0.2) is 27.5 Å². The highest BCUT2D eigenvalue weighted by Crippen LogP contribution is 2.31. The van der Waals surface area contributed by atoms with Crippen molar-refractivity contribution in [1.82, 2.24) is 4.98 Å². The molecule has 1 saturated heterocycles. The van der Waals surface area contributed by atoms with Crippen molar-refractivity contribution in [2.45, 2.75) is 11.3 Å². The summed E-state index contributed by atoms with van der Waals surface area (Å²) in [5.74, 6) is 3.70. The number of H-pyrrole nitrogens is 1. The molecule has 13 heavy (non-hydrogen) atoms. The third-order valence-electron chi connectivity index (χ3n) is 2.22. The summed E-state index contributed by atoms with van der Waals surface area (Å²) < 4.78 is 0. The predicted octanol–water partition coefficient (Wildman–Crippen LogP) is 1.86. The molecule has 1 aliphatic heterocycles. The maximum Gasteiger partial charge on any atom is 0.0576 e. The minimum Gasteiger partial charge on any atom is -0.364 e. The van der Waals surface area contributed by atoms with E-state index >= 15 is 0 Å². The highest BCUT2D eigenvalue weighted by atomic mass is 32.2. The van der Waals surface area contributed by atoms with Crippen molar-refractivity contribution in [2.24, 2.45) is 5.73 Å². The molecule has 2 unspecified atom stereocenters. The first-order chi connectivity index (χ1) is 6.38. The van der Waals surface area contributed by atoms with Crippen LogP contribution in [0.25, 0.3) is 0 Å². The highest BCUT2D eigenvalue weighted by Gasteiger charge is 2.22. The Kier molecular flexibility index (Phi) is 3.24. The van der Waals surface area contributed by atoms with Crippen LogP contribution in [-0.2, 0) is 0 Å². The van der Waals surface area contributed by atoms with Crippen LogP contribution in [0.5, 0.6) is 0 Å². The van der Waals surface area contributed by atoms with E-state index in [9.17, 15) is 0 Å². The van der Waals surface area contributed by atoms with Crippen molar-refractivity contribution in [2.75, 3.05) is 17.3 Å². The monoisotopic (exact) mass is 214 g/mol. The molecule has 0 aliphatic carbocycles. The molecule has 3 N–H and O–H groups in total. The fourth-order valence-electron chi connectivity index (χ4n) is 1.47. The van der Waals surface area contributed by atoms with Crippen LogP contribution < -0.4 is 5.73 Å². The Balaban J connectivity index is 1.99. The summed E-state index contributed by atoms with van der Waals surface area (Å²) in [6.45, 7) is 0. The van der Waals surface area contributed by atoms with Gasteiger partial charge in [0.15, 0.2) is 0 Å². The summed E-state index contributed by atoms with van der Waals surface area (Å²) in [6.07, 6.45) is 1.94. The Bertz CT molecular complexity index is 242. The minimum absolute atomic E-state index is 0.174. The van der Waals surface area contributed by atoms with Gasteiger partial charge in [0.1, 0.15) is 0 Å². The summed E-state index contributed by atoms with van der Waals surface area (Å²) >= 11 is 4.02. The Morgan fingerprint density at radius 1 is 1.54 bits per heavy atom. The first kappa shape index (κ1) is 9.49. The first-order valence-corrected chi connectivity index (χ1v) is 6.66. The molecular formula is C9H14N2S2. The molecular weight excluding hydrogens is 200 g/mol. The van der Waals surface area contributed by atoms with Crippen molar-refractivity contribution in [3.63, 3.8) is 0 Å². The minimum atomic E-state index is 0.174. The van der Waals surface area contributed by atoms with Crippen LogP contribution >= 0.6 is 23.5 Å². The molecule has 2 atom stereocenters. The zero-order valence-electron chi connectivity index (χ0n) is 7.40.